The molecule has 2 amide bonds. The number of nitrogens with one attached hydrogen (secondary N) is 1. The lowest BCUT2D eigenvalue weighted by atomic mass is 9.91. The third kappa shape index (κ3) is 4.53. The van der Waals surface area contributed by atoms with Crippen LogP contribution in [0.1, 0.15) is 48.5 Å². The Kier molecular flexibility index (Phi) is 6.18. The molecular formula is C19H26N2O2S. The molecule has 4 nitrogen and oxygen atoms in total. The van der Waals surface area contributed by atoms with E-state index >= 15 is 0 Å². The number of rotatable bonds is 7. The normalized spacial score (nSPS) is 20.1. The van der Waals surface area contributed by atoms with E-state index in [-0.39, 0.29) is 11.8 Å². The van der Waals surface area contributed by atoms with Crippen molar-refractivity contribution in [2.75, 3.05) is 25.4 Å². The Balaban J connectivity index is 1.35. The first-order valence-electron chi connectivity index (χ1n) is 8.98. The van der Waals surface area contributed by atoms with Crippen LogP contribution in [0.3, 0.4) is 0 Å². The molecule has 1 aromatic carbocycles. The Morgan fingerprint density at radius 3 is 2.96 bits per heavy atom. The second-order valence-corrected chi connectivity index (χ2v) is 7.77. The molecule has 0 unspecified atom stereocenters. The molecule has 3 rings (SSSR count). The van der Waals surface area contributed by atoms with Gasteiger partial charge in [0, 0.05) is 31.3 Å². The van der Waals surface area contributed by atoms with Gasteiger partial charge in [-0.1, -0.05) is 24.3 Å². The molecule has 0 spiro atoms. The summed E-state index contributed by atoms with van der Waals surface area (Å²) < 4.78 is 0. The van der Waals surface area contributed by atoms with Gasteiger partial charge in [0.15, 0.2) is 0 Å². The predicted molar refractivity (Wildman–Crippen MR) is 98.0 cm³/mol. The van der Waals surface area contributed by atoms with Gasteiger partial charge < -0.3 is 10.2 Å². The van der Waals surface area contributed by atoms with Gasteiger partial charge in [0.2, 0.25) is 11.8 Å². The summed E-state index contributed by atoms with van der Waals surface area (Å²) in [5, 5.41) is 3.43. The van der Waals surface area contributed by atoms with Crippen molar-refractivity contribution in [3.8, 4) is 0 Å². The average molecular weight is 346 g/mol. The Hall–Kier alpha value is -1.49. The van der Waals surface area contributed by atoms with Crippen molar-refractivity contribution in [2.24, 2.45) is 0 Å². The SMILES string of the molecule is O=C(CS[C@@H]1CCCc2ccccc21)NCCCN1CCCC1=O. The van der Waals surface area contributed by atoms with Gasteiger partial charge in [-0.05, 0) is 43.2 Å². The Bertz CT molecular complexity index is 590. The third-order valence-corrected chi connectivity index (χ3v) is 6.15. The minimum Gasteiger partial charge on any atom is -0.355 e. The lowest BCUT2D eigenvalue weighted by Crippen LogP contribution is -2.31. The zero-order valence-corrected chi connectivity index (χ0v) is 14.9. The van der Waals surface area contributed by atoms with Crippen LogP contribution in [0.15, 0.2) is 24.3 Å². The van der Waals surface area contributed by atoms with E-state index in [1.165, 1.54) is 17.5 Å². The summed E-state index contributed by atoms with van der Waals surface area (Å²) >= 11 is 1.76. The minimum absolute atomic E-state index is 0.107. The van der Waals surface area contributed by atoms with E-state index in [4.69, 9.17) is 0 Å². The fraction of sp³-hybridized carbons (Fsp3) is 0.579. The quantitative estimate of drug-likeness (QED) is 0.772. The number of carbonyl (C=O) groups excluding carboxylic acids is 2. The Morgan fingerprint density at radius 2 is 2.12 bits per heavy atom. The number of hydrogen-bond donors (Lipinski definition) is 1. The zero-order chi connectivity index (χ0) is 16.8. The summed E-state index contributed by atoms with van der Waals surface area (Å²) in [7, 11) is 0. The van der Waals surface area contributed by atoms with E-state index in [1.54, 1.807) is 11.8 Å². The summed E-state index contributed by atoms with van der Waals surface area (Å²) in [4.78, 5) is 25.5. The topological polar surface area (TPSA) is 49.4 Å². The molecule has 1 heterocycles. The van der Waals surface area contributed by atoms with Crippen LogP contribution in [0.4, 0.5) is 0 Å². The molecule has 2 aliphatic rings. The summed E-state index contributed by atoms with van der Waals surface area (Å²) in [5.74, 6) is 0.880. The molecule has 1 aliphatic heterocycles. The molecule has 1 N–H and O–H groups in total. The molecule has 1 saturated heterocycles. The molecule has 5 heteroatoms. The number of hydrogen-bond acceptors (Lipinski definition) is 3. The first-order chi connectivity index (χ1) is 11.7. The predicted octanol–water partition coefficient (Wildman–Crippen LogP) is 2.93. The summed E-state index contributed by atoms with van der Waals surface area (Å²) in [6.07, 6.45) is 6.03. The molecular weight excluding hydrogens is 320 g/mol. The maximum Gasteiger partial charge on any atom is 0.230 e. The standard InChI is InChI=1S/C19H26N2O2S/c22-18(20-11-5-13-21-12-4-10-19(21)23)14-24-17-9-3-7-15-6-1-2-8-16(15)17/h1-2,6,8,17H,3-5,7,9-14H2,(H,20,22)/t17-/m1/s1. The van der Waals surface area contributed by atoms with Crippen LogP contribution in [0.2, 0.25) is 0 Å². The highest BCUT2D eigenvalue weighted by Crippen LogP contribution is 2.39. The highest BCUT2D eigenvalue weighted by Gasteiger charge is 2.21. The lowest BCUT2D eigenvalue weighted by Gasteiger charge is -2.24. The summed E-state index contributed by atoms with van der Waals surface area (Å²) in [6.45, 7) is 2.30. The number of aryl methyl sites for hydroxylation is 1. The van der Waals surface area contributed by atoms with Crippen molar-refractivity contribution in [3.63, 3.8) is 0 Å². The molecule has 24 heavy (non-hydrogen) atoms. The second-order valence-electron chi connectivity index (χ2n) is 6.58. The van der Waals surface area contributed by atoms with Crippen LogP contribution in [-0.2, 0) is 16.0 Å². The van der Waals surface area contributed by atoms with E-state index in [2.05, 4.69) is 29.6 Å². The Morgan fingerprint density at radius 1 is 1.25 bits per heavy atom. The van der Waals surface area contributed by atoms with Gasteiger partial charge in [-0.2, -0.15) is 0 Å². The molecule has 1 aromatic rings. The van der Waals surface area contributed by atoms with E-state index in [1.807, 2.05) is 4.90 Å². The molecule has 0 aromatic heterocycles. The lowest BCUT2D eigenvalue weighted by molar-refractivity contribution is -0.127. The third-order valence-electron chi connectivity index (χ3n) is 4.83. The monoisotopic (exact) mass is 346 g/mol. The molecule has 1 atom stereocenters. The van der Waals surface area contributed by atoms with Crippen molar-refractivity contribution in [1.82, 2.24) is 10.2 Å². The molecule has 0 saturated carbocycles. The average Bonchev–Trinajstić information content (AvgIpc) is 3.02. The number of benzene rings is 1. The van der Waals surface area contributed by atoms with Crippen molar-refractivity contribution in [3.05, 3.63) is 35.4 Å². The van der Waals surface area contributed by atoms with Crippen LogP contribution < -0.4 is 5.32 Å². The van der Waals surface area contributed by atoms with E-state index in [0.29, 0.717) is 24.0 Å². The molecule has 130 valence electrons. The fourth-order valence-electron chi connectivity index (χ4n) is 3.55. The maximum absolute atomic E-state index is 12.0. The van der Waals surface area contributed by atoms with Gasteiger partial charge >= 0.3 is 0 Å². The van der Waals surface area contributed by atoms with E-state index < -0.39 is 0 Å². The molecule has 0 bridgehead atoms. The molecule has 1 aliphatic carbocycles. The highest BCUT2D eigenvalue weighted by molar-refractivity contribution is 8.00. The van der Waals surface area contributed by atoms with Gasteiger partial charge in [-0.3, -0.25) is 9.59 Å². The molecule has 1 fully saturated rings. The summed E-state index contributed by atoms with van der Waals surface area (Å²) in [5.41, 5.74) is 2.85. The van der Waals surface area contributed by atoms with Crippen molar-refractivity contribution in [1.29, 1.82) is 0 Å². The van der Waals surface area contributed by atoms with Crippen LogP contribution in [0.25, 0.3) is 0 Å². The van der Waals surface area contributed by atoms with E-state index in [9.17, 15) is 9.59 Å². The number of amides is 2. The smallest absolute Gasteiger partial charge is 0.230 e. The van der Waals surface area contributed by atoms with Crippen molar-refractivity contribution >= 4 is 23.6 Å². The first kappa shape index (κ1) is 17.3. The van der Waals surface area contributed by atoms with E-state index in [0.717, 1.165) is 38.8 Å². The van der Waals surface area contributed by atoms with Crippen LogP contribution in [0.5, 0.6) is 0 Å². The van der Waals surface area contributed by atoms with Crippen LogP contribution in [0, 0.1) is 0 Å². The van der Waals surface area contributed by atoms with Crippen LogP contribution in [-0.4, -0.2) is 42.1 Å². The zero-order valence-electron chi connectivity index (χ0n) is 14.1. The number of nitrogens with zero attached hydrogens (tertiary/aromatic N) is 1. The van der Waals surface area contributed by atoms with Crippen LogP contribution >= 0.6 is 11.8 Å². The maximum atomic E-state index is 12.0. The van der Waals surface area contributed by atoms with Gasteiger partial charge in [0.25, 0.3) is 0 Å². The van der Waals surface area contributed by atoms with Crippen molar-refractivity contribution < 1.29 is 9.59 Å². The van der Waals surface area contributed by atoms with Gasteiger partial charge in [0.05, 0.1) is 5.75 Å². The number of carbonyl (C=O) groups is 2. The summed E-state index contributed by atoms with van der Waals surface area (Å²) in [6, 6.07) is 8.61. The Labute approximate surface area is 148 Å². The van der Waals surface area contributed by atoms with Gasteiger partial charge in [-0.15, -0.1) is 11.8 Å². The number of likely N-dealkylation sites (tertiary alicyclic amines) is 1. The van der Waals surface area contributed by atoms with Gasteiger partial charge in [-0.25, -0.2) is 0 Å². The van der Waals surface area contributed by atoms with Crippen molar-refractivity contribution in [2.45, 2.75) is 43.8 Å². The highest BCUT2D eigenvalue weighted by atomic mass is 32.2. The molecule has 0 radical (unpaired) electrons. The van der Waals surface area contributed by atoms with Gasteiger partial charge in [0.1, 0.15) is 0 Å². The second kappa shape index (κ2) is 8.56. The largest absolute Gasteiger partial charge is 0.355 e. The minimum atomic E-state index is 0.107. The number of thioether (sulfide) groups is 1. The first-order valence-corrected chi connectivity index (χ1v) is 10.0. The fourth-order valence-corrected chi connectivity index (χ4v) is 4.75. The number of fused-ring (bicyclic) bond motifs is 1.